The van der Waals surface area contributed by atoms with Crippen molar-refractivity contribution in [3.05, 3.63) is 59.2 Å². The highest BCUT2D eigenvalue weighted by Gasteiger charge is 2.10. The SMILES string of the molecule is Oc1ccc(SCc2ccc3c(c2)CCC3)cc1. The lowest BCUT2D eigenvalue weighted by atomic mass is 10.1. The van der Waals surface area contributed by atoms with E-state index in [2.05, 4.69) is 18.2 Å². The first-order valence-electron chi connectivity index (χ1n) is 6.34. The van der Waals surface area contributed by atoms with E-state index in [9.17, 15) is 5.11 Å². The zero-order chi connectivity index (χ0) is 12.4. The topological polar surface area (TPSA) is 20.2 Å². The Morgan fingerprint density at radius 1 is 0.944 bits per heavy atom. The molecule has 0 amide bonds. The first-order valence-corrected chi connectivity index (χ1v) is 7.32. The Hall–Kier alpha value is -1.41. The minimum Gasteiger partial charge on any atom is -0.508 e. The van der Waals surface area contributed by atoms with Crippen LogP contribution < -0.4 is 0 Å². The Balaban J connectivity index is 1.68. The minimum atomic E-state index is 0.330. The van der Waals surface area contributed by atoms with Gasteiger partial charge in [-0.3, -0.25) is 0 Å². The number of phenols is 1. The van der Waals surface area contributed by atoms with E-state index in [0.29, 0.717) is 5.75 Å². The molecule has 0 saturated carbocycles. The standard InChI is InChI=1S/C16H16OS/c17-15-6-8-16(9-7-15)18-11-12-4-5-13-2-1-3-14(13)10-12/h4-10,17H,1-3,11H2. The molecule has 1 nitrogen and oxygen atoms in total. The average Bonchev–Trinajstić information content (AvgIpc) is 2.85. The van der Waals surface area contributed by atoms with Crippen molar-refractivity contribution in [3.8, 4) is 5.75 Å². The molecule has 0 spiro atoms. The lowest BCUT2D eigenvalue weighted by Gasteiger charge is -2.05. The maximum absolute atomic E-state index is 9.24. The van der Waals surface area contributed by atoms with Gasteiger partial charge < -0.3 is 5.11 Å². The van der Waals surface area contributed by atoms with Crippen LogP contribution in [0.25, 0.3) is 0 Å². The summed E-state index contributed by atoms with van der Waals surface area (Å²) in [5, 5.41) is 9.24. The molecule has 0 radical (unpaired) electrons. The maximum atomic E-state index is 9.24. The number of hydrogen-bond donors (Lipinski definition) is 1. The van der Waals surface area contributed by atoms with E-state index < -0.39 is 0 Å². The van der Waals surface area contributed by atoms with Crippen molar-refractivity contribution in [1.82, 2.24) is 0 Å². The van der Waals surface area contributed by atoms with Crippen molar-refractivity contribution in [2.24, 2.45) is 0 Å². The molecular weight excluding hydrogens is 240 g/mol. The third kappa shape index (κ3) is 2.54. The number of phenolic OH excluding ortho intramolecular Hbond substituents is 1. The molecule has 0 aliphatic heterocycles. The molecule has 1 aliphatic rings. The lowest BCUT2D eigenvalue weighted by Crippen LogP contribution is -1.86. The monoisotopic (exact) mass is 256 g/mol. The summed E-state index contributed by atoms with van der Waals surface area (Å²) >= 11 is 1.82. The number of hydrogen-bond acceptors (Lipinski definition) is 2. The third-order valence-electron chi connectivity index (χ3n) is 3.41. The fourth-order valence-corrected chi connectivity index (χ4v) is 3.27. The highest BCUT2D eigenvalue weighted by atomic mass is 32.2. The average molecular weight is 256 g/mol. The van der Waals surface area contributed by atoms with Crippen LogP contribution in [0, 0.1) is 0 Å². The fourth-order valence-electron chi connectivity index (χ4n) is 2.42. The summed E-state index contributed by atoms with van der Waals surface area (Å²) in [4.78, 5) is 1.20. The molecule has 0 saturated heterocycles. The lowest BCUT2D eigenvalue weighted by molar-refractivity contribution is 0.475. The van der Waals surface area contributed by atoms with Gasteiger partial charge in [-0.15, -0.1) is 11.8 Å². The number of thioether (sulfide) groups is 1. The van der Waals surface area contributed by atoms with Crippen molar-refractivity contribution in [2.75, 3.05) is 0 Å². The maximum Gasteiger partial charge on any atom is 0.115 e. The van der Waals surface area contributed by atoms with Crippen molar-refractivity contribution in [1.29, 1.82) is 0 Å². The van der Waals surface area contributed by atoms with Crippen LogP contribution in [-0.2, 0) is 18.6 Å². The van der Waals surface area contributed by atoms with Crippen molar-refractivity contribution >= 4 is 11.8 Å². The van der Waals surface area contributed by atoms with Gasteiger partial charge in [0.1, 0.15) is 5.75 Å². The van der Waals surface area contributed by atoms with Gasteiger partial charge in [0.25, 0.3) is 0 Å². The number of benzene rings is 2. The summed E-state index contributed by atoms with van der Waals surface area (Å²) < 4.78 is 0. The van der Waals surface area contributed by atoms with E-state index in [4.69, 9.17) is 0 Å². The first kappa shape index (κ1) is 11.7. The van der Waals surface area contributed by atoms with Gasteiger partial charge in [-0.25, -0.2) is 0 Å². The molecule has 2 heteroatoms. The van der Waals surface area contributed by atoms with Gasteiger partial charge in [0, 0.05) is 10.6 Å². The molecule has 0 fully saturated rings. The van der Waals surface area contributed by atoms with Gasteiger partial charge in [0.15, 0.2) is 0 Å². The summed E-state index contributed by atoms with van der Waals surface area (Å²) in [6.45, 7) is 0. The molecule has 2 aromatic carbocycles. The molecule has 3 rings (SSSR count). The number of aryl methyl sites for hydroxylation is 2. The van der Waals surface area contributed by atoms with Crippen LogP contribution in [0.3, 0.4) is 0 Å². The summed E-state index contributed by atoms with van der Waals surface area (Å²) in [6, 6.07) is 14.3. The second-order valence-electron chi connectivity index (χ2n) is 4.74. The summed E-state index contributed by atoms with van der Waals surface area (Å²) in [7, 11) is 0. The van der Waals surface area contributed by atoms with Crippen molar-refractivity contribution < 1.29 is 5.11 Å². The number of fused-ring (bicyclic) bond motifs is 1. The van der Waals surface area contributed by atoms with Crippen LogP contribution in [-0.4, -0.2) is 5.11 Å². The number of aromatic hydroxyl groups is 1. The summed E-state index contributed by atoms with van der Waals surface area (Å²) in [5.41, 5.74) is 4.47. The normalized spacial score (nSPS) is 13.6. The second kappa shape index (κ2) is 5.07. The summed E-state index contributed by atoms with van der Waals surface area (Å²) in [5.74, 6) is 1.33. The van der Waals surface area contributed by atoms with Crippen LogP contribution in [0.2, 0.25) is 0 Å². The molecule has 0 atom stereocenters. The highest BCUT2D eigenvalue weighted by molar-refractivity contribution is 7.98. The van der Waals surface area contributed by atoms with Crippen molar-refractivity contribution in [2.45, 2.75) is 29.9 Å². The predicted octanol–water partition coefficient (Wildman–Crippen LogP) is 4.17. The van der Waals surface area contributed by atoms with Gasteiger partial charge in [0.2, 0.25) is 0 Å². The fraction of sp³-hybridized carbons (Fsp3) is 0.250. The summed E-state index contributed by atoms with van der Waals surface area (Å²) in [6.07, 6.45) is 3.80. The predicted molar refractivity (Wildman–Crippen MR) is 76.1 cm³/mol. The van der Waals surface area contributed by atoms with E-state index in [-0.39, 0.29) is 0 Å². The Bertz CT molecular complexity index is 546. The van der Waals surface area contributed by atoms with Crippen LogP contribution in [0.5, 0.6) is 5.75 Å². The van der Waals surface area contributed by atoms with Crippen LogP contribution >= 0.6 is 11.8 Å². The second-order valence-corrected chi connectivity index (χ2v) is 5.79. The van der Waals surface area contributed by atoms with Gasteiger partial charge in [-0.05, 0) is 60.2 Å². The van der Waals surface area contributed by atoms with Crippen LogP contribution in [0.1, 0.15) is 23.1 Å². The van der Waals surface area contributed by atoms with E-state index in [1.807, 2.05) is 23.9 Å². The quantitative estimate of drug-likeness (QED) is 0.832. The molecule has 1 aliphatic carbocycles. The van der Waals surface area contributed by atoms with Gasteiger partial charge in [-0.2, -0.15) is 0 Å². The molecule has 18 heavy (non-hydrogen) atoms. The molecule has 1 N–H and O–H groups in total. The van der Waals surface area contributed by atoms with Gasteiger partial charge >= 0.3 is 0 Å². The number of rotatable bonds is 3. The van der Waals surface area contributed by atoms with Crippen LogP contribution in [0.4, 0.5) is 0 Å². The van der Waals surface area contributed by atoms with Gasteiger partial charge in [-0.1, -0.05) is 18.2 Å². The third-order valence-corrected chi connectivity index (χ3v) is 4.49. The first-order chi connectivity index (χ1) is 8.81. The van der Waals surface area contributed by atoms with E-state index in [1.165, 1.54) is 35.3 Å². The van der Waals surface area contributed by atoms with Gasteiger partial charge in [0.05, 0.1) is 0 Å². The van der Waals surface area contributed by atoms with Crippen molar-refractivity contribution in [3.63, 3.8) is 0 Å². The largest absolute Gasteiger partial charge is 0.508 e. The van der Waals surface area contributed by atoms with E-state index in [1.54, 1.807) is 17.7 Å². The van der Waals surface area contributed by atoms with E-state index >= 15 is 0 Å². The van der Waals surface area contributed by atoms with Crippen LogP contribution in [0.15, 0.2) is 47.4 Å². The van der Waals surface area contributed by atoms with E-state index in [0.717, 1.165) is 5.75 Å². The Morgan fingerprint density at radius 3 is 2.56 bits per heavy atom. The Labute approximate surface area is 112 Å². The zero-order valence-electron chi connectivity index (χ0n) is 10.2. The molecule has 0 aromatic heterocycles. The smallest absolute Gasteiger partial charge is 0.115 e. The molecular formula is C16H16OS. The molecule has 92 valence electrons. The minimum absolute atomic E-state index is 0.330. The Kier molecular flexibility index (Phi) is 3.28. The zero-order valence-corrected chi connectivity index (χ0v) is 11.0. The Morgan fingerprint density at radius 2 is 1.72 bits per heavy atom. The molecule has 2 aromatic rings. The molecule has 0 bridgehead atoms. The molecule has 0 unspecified atom stereocenters. The molecule has 0 heterocycles. The highest BCUT2D eigenvalue weighted by Crippen LogP contribution is 2.28.